The summed E-state index contributed by atoms with van der Waals surface area (Å²) in [5.74, 6) is -2.17. The van der Waals surface area contributed by atoms with Crippen LogP contribution in [0.5, 0.6) is 0 Å². The van der Waals surface area contributed by atoms with E-state index in [9.17, 15) is 9.59 Å². The average Bonchev–Trinajstić information content (AvgIpc) is 2.39. The summed E-state index contributed by atoms with van der Waals surface area (Å²) in [6.07, 6.45) is 3.20. The summed E-state index contributed by atoms with van der Waals surface area (Å²) in [5.41, 5.74) is 0.692. The highest BCUT2D eigenvalue weighted by Crippen LogP contribution is 1.97. The van der Waals surface area contributed by atoms with Crippen LogP contribution in [-0.2, 0) is 16.0 Å². The van der Waals surface area contributed by atoms with E-state index in [1.165, 1.54) is 0 Å². The average molecular weight is 153 g/mol. The number of aliphatic carboxylic acids is 1. The van der Waals surface area contributed by atoms with E-state index < -0.39 is 11.8 Å². The first-order chi connectivity index (χ1) is 5.20. The van der Waals surface area contributed by atoms with Crippen LogP contribution >= 0.6 is 0 Å². The summed E-state index contributed by atoms with van der Waals surface area (Å²) in [4.78, 5) is 23.4. The van der Waals surface area contributed by atoms with Crippen molar-refractivity contribution in [3.63, 3.8) is 0 Å². The first-order valence-corrected chi connectivity index (χ1v) is 3.08. The summed E-state index contributed by atoms with van der Waals surface area (Å²) in [6, 6.07) is 1.67. The van der Waals surface area contributed by atoms with Gasteiger partial charge in [0.2, 0.25) is 5.78 Å². The summed E-state index contributed by atoms with van der Waals surface area (Å²) < 4.78 is 0. The Labute approximate surface area is 62.9 Å². The fourth-order valence-electron chi connectivity index (χ4n) is 0.729. The number of carbonyl (C=O) groups is 2. The molecule has 0 bridgehead atoms. The smallest absolute Gasteiger partial charge is 0.372 e. The predicted octanol–water partition coefficient (Wildman–Crippen LogP) is 0.211. The van der Waals surface area contributed by atoms with Crippen molar-refractivity contribution in [3.8, 4) is 0 Å². The summed E-state index contributed by atoms with van der Waals surface area (Å²) in [5, 5.41) is 8.22. The molecule has 0 aliphatic carbocycles. The monoisotopic (exact) mass is 153 g/mol. The first-order valence-electron chi connectivity index (χ1n) is 3.08. The maximum Gasteiger partial charge on any atom is 0.372 e. The third-order valence-corrected chi connectivity index (χ3v) is 1.27. The van der Waals surface area contributed by atoms with Gasteiger partial charge in [-0.2, -0.15) is 0 Å². The summed E-state index contributed by atoms with van der Waals surface area (Å²) in [7, 11) is 0. The van der Waals surface area contributed by atoms with Crippen molar-refractivity contribution in [2.75, 3.05) is 0 Å². The third-order valence-electron chi connectivity index (χ3n) is 1.27. The van der Waals surface area contributed by atoms with Crippen LogP contribution in [0.25, 0.3) is 0 Å². The van der Waals surface area contributed by atoms with Gasteiger partial charge in [0.05, 0.1) is 0 Å². The molecule has 0 aliphatic heterocycles. The van der Waals surface area contributed by atoms with E-state index in [4.69, 9.17) is 5.11 Å². The van der Waals surface area contributed by atoms with E-state index in [1.54, 1.807) is 18.5 Å². The van der Waals surface area contributed by atoms with E-state index in [0.717, 1.165) is 0 Å². The Morgan fingerprint density at radius 2 is 2.27 bits per heavy atom. The SMILES string of the molecule is O=C(O)C(=O)Cc1cc[nH]c1. The standard InChI is InChI=1S/C7H7NO3/c9-6(7(10)11)3-5-1-2-8-4-5/h1-2,4,8H,3H2,(H,10,11). The van der Waals surface area contributed by atoms with Crippen LogP contribution in [-0.4, -0.2) is 21.8 Å². The molecule has 0 saturated carbocycles. The minimum atomic E-state index is -1.38. The number of aromatic nitrogens is 1. The van der Waals surface area contributed by atoms with Gasteiger partial charge in [0.15, 0.2) is 0 Å². The van der Waals surface area contributed by atoms with E-state index in [0.29, 0.717) is 5.56 Å². The van der Waals surface area contributed by atoms with Gasteiger partial charge in [-0.25, -0.2) is 4.79 Å². The molecule has 2 N–H and O–H groups in total. The molecule has 0 aromatic carbocycles. The lowest BCUT2D eigenvalue weighted by Gasteiger charge is -1.89. The number of H-pyrrole nitrogens is 1. The Morgan fingerprint density at radius 1 is 1.55 bits per heavy atom. The minimum Gasteiger partial charge on any atom is -0.475 e. The van der Waals surface area contributed by atoms with Gasteiger partial charge in [-0.1, -0.05) is 0 Å². The second kappa shape index (κ2) is 3.01. The number of ketones is 1. The minimum absolute atomic E-state index is 0.0428. The maximum atomic E-state index is 10.6. The molecule has 1 aromatic rings. The highest BCUT2D eigenvalue weighted by atomic mass is 16.4. The molecule has 58 valence electrons. The molecule has 0 atom stereocenters. The number of carboxylic acid groups (broad SMARTS) is 1. The van der Waals surface area contributed by atoms with Gasteiger partial charge in [0.1, 0.15) is 0 Å². The largest absolute Gasteiger partial charge is 0.475 e. The normalized spacial score (nSPS) is 9.45. The van der Waals surface area contributed by atoms with Gasteiger partial charge in [0.25, 0.3) is 0 Å². The Morgan fingerprint density at radius 3 is 2.73 bits per heavy atom. The lowest BCUT2D eigenvalue weighted by molar-refractivity contribution is -0.148. The first kappa shape index (κ1) is 7.53. The number of carbonyl (C=O) groups excluding carboxylic acids is 1. The molecular formula is C7H7NO3. The molecule has 1 heterocycles. The summed E-state index contributed by atoms with van der Waals surface area (Å²) >= 11 is 0. The lowest BCUT2D eigenvalue weighted by atomic mass is 10.2. The molecule has 0 fully saturated rings. The van der Waals surface area contributed by atoms with Crippen LogP contribution in [0.3, 0.4) is 0 Å². The fourth-order valence-corrected chi connectivity index (χ4v) is 0.729. The number of rotatable bonds is 3. The Kier molecular flexibility index (Phi) is 2.06. The second-order valence-electron chi connectivity index (χ2n) is 2.12. The number of nitrogens with one attached hydrogen (secondary N) is 1. The zero-order chi connectivity index (χ0) is 8.27. The number of carboxylic acids is 1. The molecule has 0 amide bonds. The van der Waals surface area contributed by atoms with Gasteiger partial charge in [-0.15, -0.1) is 0 Å². The number of hydrogen-bond acceptors (Lipinski definition) is 2. The Bertz CT molecular complexity index is 263. The van der Waals surface area contributed by atoms with Crippen LogP contribution in [0.15, 0.2) is 18.5 Å². The van der Waals surface area contributed by atoms with Crippen LogP contribution < -0.4 is 0 Å². The molecule has 0 unspecified atom stereocenters. The number of aromatic amines is 1. The van der Waals surface area contributed by atoms with Crippen molar-refractivity contribution in [1.82, 2.24) is 4.98 Å². The van der Waals surface area contributed by atoms with Crippen molar-refractivity contribution >= 4 is 11.8 Å². The highest BCUT2D eigenvalue weighted by Gasteiger charge is 2.11. The van der Waals surface area contributed by atoms with Crippen LogP contribution in [0.2, 0.25) is 0 Å². The molecule has 11 heavy (non-hydrogen) atoms. The molecule has 1 rings (SSSR count). The van der Waals surface area contributed by atoms with Crippen LogP contribution in [0.1, 0.15) is 5.56 Å². The molecule has 4 nitrogen and oxygen atoms in total. The highest BCUT2D eigenvalue weighted by molar-refractivity contribution is 6.33. The molecule has 0 radical (unpaired) electrons. The van der Waals surface area contributed by atoms with Gasteiger partial charge >= 0.3 is 5.97 Å². The van der Waals surface area contributed by atoms with E-state index in [1.807, 2.05) is 0 Å². The molecule has 0 spiro atoms. The number of hydrogen-bond donors (Lipinski definition) is 2. The second-order valence-corrected chi connectivity index (χ2v) is 2.12. The number of Topliss-reactive ketones (excluding diaryl/α,β-unsaturated/α-hetero) is 1. The molecule has 0 aliphatic rings. The molecule has 0 saturated heterocycles. The van der Waals surface area contributed by atoms with Crippen molar-refractivity contribution in [2.45, 2.75) is 6.42 Å². The fraction of sp³-hybridized carbons (Fsp3) is 0.143. The van der Waals surface area contributed by atoms with E-state index >= 15 is 0 Å². The Hall–Kier alpha value is -1.58. The van der Waals surface area contributed by atoms with Crippen LogP contribution in [0, 0.1) is 0 Å². The van der Waals surface area contributed by atoms with Crippen molar-refractivity contribution < 1.29 is 14.7 Å². The third kappa shape index (κ3) is 1.93. The van der Waals surface area contributed by atoms with Gasteiger partial charge in [-0.3, -0.25) is 4.79 Å². The summed E-state index contributed by atoms with van der Waals surface area (Å²) in [6.45, 7) is 0. The molecule has 4 heteroatoms. The van der Waals surface area contributed by atoms with Crippen molar-refractivity contribution in [3.05, 3.63) is 24.0 Å². The Balaban J connectivity index is 2.57. The van der Waals surface area contributed by atoms with Crippen molar-refractivity contribution in [2.24, 2.45) is 0 Å². The maximum absolute atomic E-state index is 10.6. The van der Waals surface area contributed by atoms with Gasteiger partial charge < -0.3 is 10.1 Å². The van der Waals surface area contributed by atoms with E-state index in [2.05, 4.69) is 4.98 Å². The zero-order valence-corrected chi connectivity index (χ0v) is 5.70. The lowest BCUT2D eigenvalue weighted by Crippen LogP contribution is -2.14. The molecular weight excluding hydrogens is 146 g/mol. The van der Waals surface area contributed by atoms with Gasteiger partial charge in [-0.05, 0) is 11.6 Å². The quantitative estimate of drug-likeness (QED) is 0.610. The zero-order valence-electron chi connectivity index (χ0n) is 5.70. The van der Waals surface area contributed by atoms with Crippen molar-refractivity contribution in [1.29, 1.82) is 0 Å². The predicted molar refractivity (Wildman–Crippen MR) is 37.1 cm³/mol. The topological polar surface area (TPSA) is 70.2 Å². The van der Waals surface area contributed by atoms with E-state index in [-0.39, 0.29) is 6.42 Å². The molecule has 1 aromatic heterocycles. The van der Waals surface area contributed by atoms with Gasteiger partial charge in [0, 0.05) is 18.8 Å². The van der Waals surface area contributed by atoms with Crippen LogP contribution in [0.4, 0.5) is 0 Å².